The molecule has 8 heteroatoms. The number of carbonyl (C=O) groups is 2. The molecule has 2 heterocycles. The van der Waals surface area contributed by atoms with Gasteiger partial charge in [0.15, 0.2) is 5.78 Å². The van der Waals surface area contributed by atoms with Crippen molar-refractivity contribution in [3.63, 3.8) is 0 Å². The highest BCUT2D eigenvalue weighted by molar-refractivity contribution is 6.42. The first-order chi connectivity index (χ1) is 17.8. The Bertz CT molecular complexity index is 1280. The van der Waals surface area contributed by atoms with E-state index in [9.17, 15) is 14.0 Å². The smallest absolute Gasteiger partial charge is 0.237 e. The van der Waals surface area contributed by atoms with Crippen LogP contribution in [-0.2, 0) is 9.59 Å². The molecule has 0 bridgehead atoms. The number of ketones is 1. The van der Waals surface area contributed by atoms with E-state index in [4.69, 9.17) is 5.41 Å². The zero-order valence-corrected chi connectivity index (χ0v) is 21.8. The minimum Gasteiger partial charge on any atom is -0.344 e. The molecule has 0 radical (unpaired) electrons. The maximum atomic E-state index is 13.8. The van der Waals surface area contributed by atoms with Gasteiger partial charge in [0.25, 0.3) is 0 Å². The second kappa shape index (κ2) is 11.8. The number of amides is 1. The summed E-state index contributed by atoms with van der Waals surface area (Å²) in [6.07, 6.45) is 10.7. The molecular formula is C29H36FN5O2. The minimum absolute atomic E-state index is 0.00568. The van der Waals surface area contributed by atoms with Crippen LogP contribution in [0.5, 0.6) is 0 Å². The lowest BCUT2D eigenvalue weighted by atomic mass is 9.78. The Balaban J connectivity index is 1.62. The quantitative estimate of drug-likeness (QED) is 0.341. The van der Waals surface area contributed by atoms with Crippen molar-refractivity contribution in [1.82, 2.24) is 20.2 Å². The summed E-state index contributed by atoms with van der Waals surface area (Å²) >= 11 is 0. The van der Waals surface area contributed by atoms with Crippen LogP contribution in [0.2, 0.25) is 0 Å². The summed E-state index contributed by atoms with van der Waals surface area (Å²) < 4.78 is 15.6. The van der Waals surface area contributed by atoms with Crippen LogP contribution in [0.3, 0.4) is 0 Å². The van der Waals surface area contributed by atoms with Crippen molar-refractivity contribution in [2.45, 2.75) is 70.4 Å². The molecule has 4 rings (SSSR count). The van der Waals surface area contributed by atoms with Gasteiger partial charge in [0.2, 0.25) is 5.91 Å². The van der Waals surface area contributed by atoms with E-state index in [2.05, 4.69) is 15.6 Å². The van der Waals surface area contributed by atoms with Crippen LogP contribution < -0.4 is 10.6 Å². The largest absolute Gasteiger partial charge is 0.344 e. The zero-order chi connectivity index (χ0) is 26.5. The molecule has 37 heavy (non-hydrogen) atoms. The van der Waals surface area contributed by atoms with Crippen molar-refractivity contribution >= 4 is 28.3 Å². The van der Waals surface area contributed by atoms with Gasteiger partial charge in [0, 0.05) is 23.7 Å². The second-order valence-electron chi connectivity index (χ2n) is 10.00. The van der Waals surface area contributed by atoms with Gasteiger partial charge in [-0.2, -0.15) is 0 Å². The number of hydrogen-bond donors (Lipinski definition) is 3. The molecule has 0 saturated heterocycles. The summed E-state index contributed by atoms with van der Waals surface area (Å²) in [5.41, 5.74) is 2.38. The van der Waals surface area contributed by atoms with Crippen LogP contribution >= 0.6 is 0 Å². The van der Waals surface area contributed by atoms with Gasteiger partial charge in [0.05, 0.1) is 35.2 Å². The van der Waals surface area contributed by atoms with Crippen LogP contribution in [0.4, 0.5) is 4.39 Å². The molecule has 1 fully saturated rings. The van der Waals surface area contributed by atoms with E-state index in [0.29, 0.717) is 6.42 Å². The average Bonchev–Trinajstić information content (AvgIpc) is 3.34. The van der Waals surface area contributed by atoms with Gasteiger partial charge < -0.3 is 20.6 Å². The van der Waals surface area contributed by atoms with Gasteiger partial charge in [0.1, 0.15) is 5.82 Å². The summed E-state index contributed by atoms with van der Waals surface area (Å²) in [6.45, 7) is 3.71. The Labute approximate surface area is 217 Å². The molecule has 0 aliphatic heterocycles. The number of carbonyl (C=O) groups excluding carboxylic acids is 2. The molecular weight excluding hydrogens is 469 g/mol. The third-order valence-electron chi connectivity index (χ3n) is 7.63. The normalized spacial score (nSPS) is 16.8. The Morgan fingerprint density at radius 2 is 1.92 bits per heavy atom. The lowest BCUT2D eigenvalue weighted by molar-refractivity contribution is -0.127. The number of halogens is 1. The van der Waals surface area contributed by atoms with E-state index < -0.39 is 18.0 Å². The summed E-state index contributed by atoms with van der Waals surface area (Å²) in [7, 11) is 1.71. The SMILES string of the molecule is CCC(C(=N)C(=O)C(NC(=O)C(C)NC)C1CCCCC1)c1cncc(-n2ccc3cc(F)ccc32)c1. The van der Waals surface area contributed by atoms with Gasteiger partial charge >= 0.3 is 0 Å². The number of nitrogens with zero attached hydrogens (tertiary/aromatic N) is 2. The molecule has 196 valence electrons. The second-order valence-corrected chi connectivity index (χ2v) is 10.00. The van der Waals surface area contributed by atoms with Crippen LogP contribution in [-0.4, -0.2) is 46.1 Å². The van der Waals surface area contributed by atoms with Gasteiger partial charge in [-0.05, 0) is 75.0 Å². The molecule has 7 nitrogen and oxygen atoms in total. The summed E-state index contributed by atoms with van der Waals surface area (Å²) in [6, 6.07) is 7.28. The van der Waals surface area contributed by atoms with Gasteiger partial charge in [-0.1, -0.05) is 26.2 Å². The summed E-state index contributed by atoms with van der Waals surface area (Å²) in [5.74, 6) is -1.26. The first-order valence-corrected chi connectivity index (χ1v) is 13.2. The van der Waals surface area contributed by atoms with Crippen LogP contribution in [0.25, 0.3) is 16.6 Å². The Morgan fingerprint density at radius 3 is 2.62 bits per heavy atom. The standard InChI is InChI=1S/C29H36FN5O2/c1-4-24(21-15-23(17-33-16-21)35-13-12-20-14-22(30)10-11-25(20)35)26(31)28(36)27(19-8-6-5-7-9-19)34-29(37)18(2)32-3/h10-19,24,27,31-32H,4-9H2,1-3H3,(H,34,37). The molecule has 1 aliphatic carbocycles. The lowest BCUT2D eigenvalue weighted by Gasteiger charge is -2.32. The fourth-order valence-corrected chi connectivity index (χ4v) is 5.33. The van der Waals surface area contributed by atoms with E-state index in [0.717, 1.165) is 54.3 Å². The van der Waals surface area contributed by atoms with E-state index in [-0.39, 0.29) is 29.1 Å². The third kappa shape index (κ3) is 5.80. The first-order valence-electron chi connectivity index (χ1n) is 13.2. The van der Waals surface area contributed by atoms with Crippen LogP contribution in [0.1, 0.15) is 63.9 Å². The first kappa shape index (κ1) is 26.7. The van der Waals surface area contributed by atoms with Crippen molar-refractivity contribution in [2.24, 2.45) is 5.92 Å². The number of likely N-dealkylation sites (N-methyl/N-ethyl adjacent to an activating group) is 1. The fraction of sp³-hybridized carbons (Fsp3) is 0.448. The predicted octanol–water partition coefficient (Wildman–Crippen LogP) is 4.92. The van der Waals surface area contributed by atoms with Crippen molar-refractivity contribution in [1.29, 1.82) is 5.41 Å². The maximum Gasteiger partial charge on any atom is 0.237 e. The van der Waals surface area contributed by atoms with Crippen molar-refractivity contribution in [3.8, 4) is 5.69 Å². The maximum absolute atomic E-state index is 13.8. The highest BCUT2D eigenvalue weighted by atomic mass is 19.1. The number of benzene rings is 1. The van der Waals surface area contributed by atoms with Crippen molar-refractivity contribution in [2.75, 3.05) is 7.05 Å². The van der Waals surface area contributed by atoms with E-state index in [1.807, 2.05) is 29.8 Å². The van der Waals surface area contributed by atoms with Gasteiger partial charge in [-0.25, -0.2) is 4.39 Å². The molecule has 1 saturated carbocycles. The predicted molar refractivity (Wildman–Crippen MR) is 144 cm³/mol. The average molecular weight is 506 g/mol. The lowest BCUT2D eigenvalue weighted by Crippen LogP contribution is -2.53. The molecule has 0 spiro atoms. The number of Topliss-reactive ketones (excluding diaryl/α,β-unsaturated/α-hetero) is 1. The van der Waals surface area contributed by atoms with Gasteiger partial charge in [-0.3, -0.25) is 14.6 Å². The van der Waals surface area contributed by atoms with Crippen molar-refractivity contribution < 1.29 is 14.0 Å². The highest BCUT2D eigenvalue weighted by Gasteiger charge is 2.36. The zero-order valence-electron chi connectivity index (χ0n) is 21.8. The molecule has 2 aromatic heterocycles. The summed E-state index contributed by atoms with van der Waals surface area (Å²) in [4.78, 5) is 30.9. The molecule has 3 N–H and O–H groups in total. The monoisotopic (exact) mass is 505 g/mol. The highest BCUT2D eigenvalue weighted by Crippen LogP contribution is 2.30. The third-order valence-corrected chi connectivity index (χ3v) is 7.63. The molecule has 3 atom stereocenters. The Kier molecular flexibility index (Phi) is 8.48. The molecule has 1 aliphatic rings. The topological polar surface area (TPSA) is 99.9 Å². The van der Waals surface area contributed by atoms with E-state index in [1.54, 1.807) is 32.4 Å². The van der Waals surface area contributed by atoms with Crippen molar-refractivity contribution in [3.05, 3.63) is 60.3 Å². The number of rotatable bonds is 10. The fourth-order valence-electron chi connectivity index (χ4n) is 5.33. The molecule has 3 unspecified atom stereocenters. The number of aromatic nitrogens is 2. The molecule has 3 aromatic rings. The summed E-state index contributed by atoms with van der Waals surface area (Å²) in [5, 5.41) is 15.6. The Morgan fingerprint density at radius 1 is 1.16 bits per heavy atom. The van der Waals surface area contributed by atoms with Crippen LogP contribution in [0.15, 0.2) is 48.9 Å². The molecule has 1 aromatic carbocycles. The number of pyridine rings is 1. The van der Waals surface area contributed by atoms with E-state index in [1.165, 1.54) is 12.1 Å². The van der Waals surface area contributed by atoms with E-state index >= 15 is 0 Å². The molecule has 1 amide bonds. The van der Waals surface area contributed by atoms with Crippen LogP contribution in [0, 0.1) is 17.1 Å². The number of hydrogen-bond acceptors (Lipinski definition) is 5. The minimum atomic E-state index is -0.704. The number of fused-ring (bicyclic) bond motifs is 1. The Hall–Kier alpha value is -3.39. The van der Waals surface area contributed by atoms with Gasteiger partial charge in [-0.15, -0.1) is 0 Å². The number of nitrogens with one attached hydrogen (secondary N) is 3.